The van der Waals surface area contributed by atoms with Crippen LogP contribution in [0.2, 0.25) is 0 Å². The van der Waals surface area contributed by atoms with E-state index in [1.165, 1.54) is 4.31 Å². The van der Waals surface area contributed by atoms with Crippen LogP contribution in [0.25, 0.3) is 11.0 Å². The van der Waals surface area contributed by atoms with Gasteiger partial charge in [0.25, 0.3) is 10.2 Å². The number of hydrogen-bond acceptors (Lipinski definition) is 3. The van der Waals surface area contributed by atoms with E-state index < -0.39 is 10.2 Å². The van der Waals surface area contributed by atoms with Crippen LogP contribution in [-0.4, -0.2) is 46.7 Å². The Morgan fingerprint density at radius 3 is 2.14 bits per heavy atom. The van der Waals surface area contributed by atoms with E-state index in [-0.39, 0.29) is 6.54 Å². The van der Waals surface area contributed by atoms with Crippen molar-refractivity contribution in [1.29, 1.82) is 0 Å². The second kappa shape index (κ2) is 9.85. The molecule has 1 aromatic carbocycles. The van der Waals surface area contributed by atoms with Crippen LogP contribution in [0.5, 0.6) is 0 Å². The number of benzene rings is 1. The molecule has 0 radical (unpaired) electrons. The van der Waals surface area contributed by atoms with E-state index in [0.29, 0.717) is 24.9 Å². The third-order valence-corrected chi connectivity index (χ3v) is 6.98. The summed E-state index contributed by atoms with van der Waals surface area (Å²) in [4.78, 5) is 4.68. The van der Waals surface area contributed by atoms with Gasteiger partial charge in [0.05, 0.1) is 17.6 Å². The molecule has 158 valence electrons. The van der Waals surface area contributed by atoms with Crippen LogP contribution in [0.4, 0.5) is 0 Å². The average molecular weight is 409 g/mol. The van der Waals surface area contributed by atoms with Crippen molar-refractivity contribution in [3.63, 3.8) is 0 Å². The minimum absolute atomic E-state index is 0.269. The number of aromatic nitrogens is 2. The lowest BCUT2D eigenvalue weighted by Gasteiger charge is -2.28. The normalized spacial score (nSPS) is 12.9. The van der Waals surface area contributed by atoms with Crippen LogP contribution in [0, 0.1) is 11.8 Å². The number of imidazole rings is 1. The molecule has 6 nitrogen and oxygen atoms in total. The third-order valence-electron chi connectivity index (χ3n) is 5.05. The maximum Gasteiger partial charge on any atom is 0.282 e. The molecule has 28 heavy (non-hydrogen) atoms. The monoisotopic (exact) mass is 408 g/mol. The van der Waals surface area contributed by atoms with Crippen molar-refractivity contribution in [3.8, 4) is 0 Å². The Labute approximate surface area is 170 Å². The summed E-state index contributed by atoms with van der Waals surface area (Å²) in [6.45, 7) is 12.7. The summed E-state index contributed by atoms with van der Waals surface area (Å²) in [5.74, 6) is 1.71. The van der Waals surface area contributed by atoms with Crippen LogP contribution in [0.15, 0.2) is 24.3 Å². The average Bonchev–Trinajstić information content (AvgIpc) is 2.97. The Morgan fingerprint density at radius 1 is 1.04 bits per heavy atom. The summed E-state index contributed by atoms with van der Waals surface area (Å²) in [5, 5.41) is 0. The number of para-hydroxylation sites is 2. The fraction of sp³-hybridized carbons (Fsp3) is 0.667. The predicted molar refractivity (Wildman–Crippen MR) is 116 cm³/mol. The molecule has 0 saturated heterocycles. The molecule has 0 N–H and O–H groups in total. The quantitative estimate of drug-likeness (QED) is 0.562. The van der Waals surface area contributed by atoms with E-state index in [0.717, 1.165) is 36.2 Å². The van der Waals surface area contributed by atoms with Gasteiger partial charge in [0.15, 0.2) is 0 Å². The Bertz CT molecular complexity index is 846. The summed E-state index contributed by atoms with van der Waals surface area (Å²) >= 11 is 0. The Kier molecular flexibility index (Phi) is 8.04. The van der Waals surface area contributed by atoms with Crippen molar-refractivity contribution >= 4 is 21.2 Å². The Hall–Kier alpha value is -1.44. The lowest BCUT2D eigenvalue weighted by molar-refractivity contribution is 0.321. The zero-order chi connectivity index (χ0) is 20.9. The highest BCUT2D eigenvalue weighted by Crippen LogP contribution is 2.20. The third kappa shape index (κ3) is 5.55. The van der Waals surface area contributed by atoms with Crippen molar-refractivity contribution < 1.29 is 8.42 Å². The molecule has 0 aliphatic carbocycles. The first kappa shape index (κ1) is 22.8. The molecular weight excluding hydrogens is 372 g/mol. The molecule has 0 bridgehead atoms. The van der Waals surface area contributed by atoms with Gasteiger partial charge < -0.3 is 4.57 Å². The van der Waals surface area contributed by atoms with E-state index in [1.807, 2.05) is 24.3 Å². The highest BCUT2D eigenvalue weighted by molar-refractivity contribution is 7.86. The summed E-state index contributed by atoms with van der Waals surface area (Å²) in [5.41, 5.74) is 1.95. The second-order valence-electron chi connectivity index (χ2n) is 8.29. The Balaban J connectivity index is 2.24. The summed E-state index contributed by atoms with van der Waals surface area (Å²) in [7, 11) is -1.88. The fourth-order valence-corrected chi connectivity index (χ4v) is 4.57. The minimum Gasteiger partial charge on any atom is -0.327 e. The molecule has 0 aliphatic rings. The van der Waals surface area contributed by atoms with E-state index in [2.05, 4.69) is 44.2 Å². The maximum atomic E-state index is 13.3. The first-order valence-corrected chi connectivity index (χ1v) is 11.7. The zero-order valence-electron chi connectivity index (χ0n) is 18.2. The number of nitrogens with zero attached hydrogens (tertiary/aromatic N) is 4. The molecule has 0 saturated carbocycles. The minimum atomic E-state index is -3.54. The van der Waals surface area contributed by atoms with Crippen LogP contribution >= 0.6 is 0 Å². The molecule has 0 fully saturated rings. The van der Waals surface area contributed by atoms with Gasteiger partial charge in [-0.3, -0.25) is 0 Å². The second-order valence-corrected chi connectivity index (χ2v) is 10.3. The molecule has 2 rings (SSSR count). The maximum absolute atomic E-state index is 13.3. The van der Waals surface area contributed by atoms with Crippen LogP contribution < -0.4 is 0 Å². The van der Waals surface area contributed by atoms with Gasteiger partial charge in [-0.15, -0.1) is 0 Å². The molecule has 0 amide bonds. The topological polar surface area (TPSA) is 58.4 Å². The van der Waals surface area contributed by atoms with Gasteiger partial charge in [-0.25, -0.2) is 4.98 Å². The van der Waals surface area contributed by atoms with Gasteiger partial charge in [0.1, 0.15) is 5.82 Å². The summed E-state index contributed by atoms with van der Waals surface area (Å²) < 4.78 is 31.8. The van der Waals surface area contributed by atoms with E-state index in [1.54, 1.807) is 11.4 Å². The van der Waals surface area contributed by atoms with Gasteiger partial charge in [0, 0.05) is 26.7 Å². The van der Waals surface area contributed by atoms with Crippen LogP contribution in [0.1, 0.15) is 53.3 Å². The van der Waals surface area contributed by atoms with Crippen molar-refractivity contribution in [2.24, 2.45) is 11.8 Å². The van der Waals surface area contributed by atoms with Gasteiger partial charge in [-0.2, -0.15) is 17.0 Å². The van der Waals surface area contributed by atoms with Gasteiger partial charge in [-0.05, 0) is 43.7 Å². The molecule has 0 unspecified atom stereocenters. The van der Waals surface area contributed by atoms with Crippen molar-refractivity contribution in [2.45, 2.75) is 60.5 Å². The highest BCUT2D eigenvalue weighted by atomic mass is 32.2. The van der Waals surface area contributed by atoms with E-state index in [4.69, 9.17) is 0 Å². The predicted octanol–water partition coefficient (Wildman–Crippen LogP) is 4.13. The fourth-order valence-electron chi connectivity index (χ4n) is 3.22. The molecule has 1 heterocycles. The highest BCUT2D eigenvalue weighted by Gasteiger charge is 2.28. The molecule has 0 aliphatic heterocycles. The van der Waals surface area contributed by atoms with Gasteiger partial charge in [-0.1, -0.05) is 39.8 Å². The summed E-state index contributed by atoms with van der Waals surface area (Å²) in [6, 6.07) is 7.94. The number of hydrogen-bond donors (Lipinski definition) is 0. The smallest absolute Gasteiger partial charge is 0.282 e. The van der Waals surface area contributed by atoms with Gasteiger partial charge in [0.2, 0.25) is 0 Å². The summed E-state index contributed by atoms with van der Waals surface area (Å²) in [6.07, 6.45) is 1.72. The zero-order valence-corrected chi connectivity index (χ0v) is 19.0. The van der Waals surface area contributed by atoms with E-state index >= 15 is 0 Å². The largest absolute Gasteiger partial charge is 0.327 e. The number of rotatable bonds is 11. The Morgan fingerprint density at radius 2 is 1.61 bits per heavy atom. The van der Waals surface area contributed by atoms with Gasteiger partial charge >= 0.3 is 0 Å². The standard InChI is InChI=1S/C21H36N4O2S/c1-7-25-20-11-9-8-10-19(20)22-21(25)16-23(6)28(26,27)24(14-12-17(2)3)15-13-18(4)5/h8-11,17-18H,7,12-16H2,1-6H3. The molecule has 0 spiro atoms. The van der Waals surface area contributed by atoms with Crippen LogP contribution in [0.3, 0.4) is 0 Å². The lowest BCUT2D eigenvalue weighted by atomic mass is 10.1. The first-order valence-electron chi connectivity index (χ1n) is 10.3. The molecule has 2 aromatic rings. The number of fused-ring (bicyclic) bond motifs is 1. The van der Waals surface area contributed by atoms with Crippen molar-refractivity contribution in [1.82, 2.24) is 18.2 Å². The molecule has 1 aromatic heterocycles. The van der Waals surface area contributed by atoms with Crippen LogP contribution in [-0.2, 0) is 23.3 Å². The van der Waals surface area contributed by atoms with E-state index in [9.17, 15) is 8.42 Å². The first-order chi connectivity index (χ1) is 13.2. The SMILES string of the molecule is CCn1c(CN(C)S(=O)(=O)N(CCC(C)C)CCC(C)C)nc2ccccc21. The molecular formula is C21H36N4O2S. The lowest BCUT2D eigenvalue weighted by Crippen LogP contribution is -2.43. The molecule has 0 atom stereocenters. The number of aryl methyl sites for hydroxylation is 1. The van der Waals surface area contributed by atoms with Crippen molar-refractivity contribution in [3.05, 3.63) is 30.1 Å². The molecule has 7 heteroatoms. The van der Waals surface area contributed by atoms with Crippen molar-refractivity contribution in [2.75, 3.05) is 20.1 Å².